The molecule has 0 atom stereocenters. The largest absolute Gasteiger partial charge is 0.479 e. The summed E-state index contributed by atoms with van der Waals surface area (Å²) in [5.41, 5.74) is 3.29. The molecule has 0 unspecified atom stereocenters. The molecule has 0 aliphatic heterocycles. The Balaban J connectivity index is 1.70. The number of ether oxygens (including phenoxy) is 1. The van der Waals surface area contributed by atoms with Gasteiger partial charge in [-0.3, -0.25) is 4.79 Å². The van der Waals surface area contributed by atoms with Crippen LogP contribution in [0.3, 0.4) is 0 Å². The number of hydrogen-bond donors (Lipinski definition) is 2. The molecule has 0 fully saturated rings. The van der Waals surface area contributed by atoms with Crippen molar-refractivity contribution >= 4 is 33.7 Å². The molecule has 0 aliphatic rings. The van der Waals surface area contributed by atoms with Crippen LogP contribution < -0.4 is 14.8 Å². The van der Waals surface area contributed by atoms with Gasteiger partial charge in [0.15, 0.2) is 6.29 Å². The Hall–Kier alpha value is -3.96. The zero-order chi connectivity index (χ0) is 28.9. The van der Waals surface area contributed by atoms with Crippen molar-refractivity contribution in [1.82, 2.24) is 19.6 Å². The topological polar surface area (TPSA) is 119 Å². The summed E-state index contributed by atoms with van der Waals surface area (Å²) in [6.07, 6.45) is 1.44. The predicted octanol–water partition coefficient (Wildman–Crippen LogP) is 5.35. The number of carbonyl (C=O) groups is 2. The van der Waals surface area contributed by atoms with Gasteiger partial charge in [0.25, 0.3) is 10.0 Å². The van der Waals surface area contributed by atoms with Crippen molar-refractivity contribution in [2.24, 2.45) is 5.92 Å². The lowest BCUT2D eigenvalue weighted by Gasteiger charge is -2.11. The third-order valence-electron chi connectivity index (χ3n) is 6.08. The average molecular weight is 581 g/mol. The number of hydrogen-bond acceptors (Lipinski definition) is 7. The van der Waals surface area contributed by atoms with Crippen LogP contribution in [0, 0.1) is 5.92 Å². The minimum Gasteiger partial charge on any atom is -0.479 e. The van der Waals surface area contributed by atoms with Crippen LogP contribution in [0.15, 0.2) is 64.9 Å². The van der Waals surface area contributed by atoms with Crippen LogP contribution in [0.25, 0.3) is 22.5 Å². The Morgan fingerprint density at radius 3 is 2.40 bits per heavy atom. The zero-order valence-corrected chi connectivity index (χ0v) is 24.4. The Labute approximate surface area is 238 Å². The molecule has 11 heteroatoms. The van der Waals surface area contributed by atoms with E-state index in [2.05, 4.69) is 28.9 Å². The van der Waals surface area contributed by atoms with Crippen molar-refractivity contribution in [3.8, 4) is 28.4 Å². The van der Waals surface area contributed by atoms with Crippen molar-refractivity contribution in [3.63, 3.8) is 0 Å². The van der Waals surface area contributed by atoms with Crippen LogP contribution in [-0.4, -0.2) is 43.9 Å². The third-order valence-corrected chi connectivity index (χ3v) is 9.11. The molecule has 2 amide bonds. The maximum atomic E-state index is 13.2. The molecule has 4 aromatic rings. The molecule has 4 rings (SSSR count). The van der Waals surface area contributed by atoms with Gasteiger partial charge in [-0.15, -0.1) is 11.3 Å². The summed E-state index contributed by atoms with van der Waals surface area (Å²) < 4.78 is 35.7. The first-order valence-electron chi connectivity index (χ1n) is 12.8. The fourth-order valence-corrected chi connectivity index (χ4v) is 7.22. The number of methoxy groups -OCH3 is 1. The number of nitrogens with one attached hydrogen (secondary N) is 2. The number of imidazole rings is 1. The summed E-state index contributed by atoms with van der Waals surface area (Å²) in [6.45, 7) is 6.50. The van der Waals surface area contributed by atoms with Crippen molar-refractivity contribution in [1.29, 1.82) is 0 Å². The SMILES string of the molecule is CCNC(=O)NS(=O)(=O)c1sc(CC(C)C)cc1-c1ccc(Cn2c(-c3ccccc3)nc(OC)c2C=O)cc1. The van der Waals surface area contributed by atoms with Crippen LogP contribution in [0.1, 0.15) is 41.7 Å². The summed E-state index contributed by atoms with van der Waals surface area (Å²) in [4.78, 5) is 29.5. The lowest BCUT2D eigenvalue weighted by Crippen LogP contribution is -2.39. The lowest BCUT2D eigenvalue weighted by atomic mass is 10.0. The monoisotopic (exact) mass is 580 g/mol. The Bertz CT molecular complexity index is 1590. The van der Waals surface area contributed by atoms with Crippen LogP contribution in [0.2, 0.25) is 0 Å². The van der Waals surface area contributed by atoms with E-state index in [1.807, 2.05) is 60.7 Å². The second kappa shape index (κ2) is 12.5. The summed E-state index contributed by atoms with van der Waals surface area (Å²) >= 11 is 1.17. The number of aromatic nitrogens is 2. The van der Waals surface area contributed by atoms with Crippen LogP contribution >= 0.6 is 11.3 Å². The first kappa shape index (κ1) is 29.0. The standard InChI is InChI=1S/C29H32N4O5S2/c1-5-30-29(35)32-40(36,37)28-24(16-23(39-28)15-19(2)3)21-13-11-20(12-14-21)17-33-25(18-34)27(38-4)31-26(33)22-9-7-6-8-10-22/h6-14,16,18-19H,5,15,17H2,1-4H3,(H2,30,32,35). The number of sulfonamides is 1. The molecule has 2 heterocycles. The fourth-order valence-electron chi connectivity index (χ4n) is 4.34. The van der Waals surface area contributed by atoms with E-state index in [9.17, 15) is 18.0 Å². The molecule has 0 spiro atoms. The highest BCUT2D eigenvalue weighted by molar-refractivity contribution is 7.92. The molecular weight excluding hydrogens is 548 g/mol. The molecular formula is C29H32N4O5S2. The molecule has 2 N–H and O–H groups in total. The van der Waals surface area contributed by atoms with E-state index in [1.165, 1.54) is 18.4 Å². The number of urea groups is 1. The smallest absolute Gasteiger partial charge is 0.328 e. The highest BCUT2D eigenvalue weighted by Gasteiger charge is 2.26. The Morgan fingerprint density at radius 1 is 1.10 bits per heavy atom. The number of aldehydes is 1. The fraction of sp³-hybridized carbons (Fsp3) is 0.276. The number of thiophene rings is 1. The molecule has 2 aromatic carbocycles. The van der Waals surface area contributed by atoms with Gasteiger partial charge in [0.05, 0.1) is 7.11 Å². The van der Waals surface area contributed by atoms with Gasteiger partial charge in [-0.05, 0) is 36.5 Å². The number of nitrogens with zero attached hydrogens (tertiary/aromatic N) is 2. The summed E-state index contributed by atoms with van der Waals surface area (Å²) in [5.74, 6) is 1.18. The molecule has 0 radical (unpaired) electrons. The third kappa shape index (κ3) is 6.43. The van der Waals surface area contributed by atoms with Crippen LogP contribution in [-0.2, 0) is 23.0 Å². The molecule has 0 aliphatic carbocycles. The van der Waals surface area contributed by atoms with Gasteiger partial charge in [-0.1, -0.05) is 68.4 Å². The van der Waals surface area contributed by atoms with Crippen LogP contribution in [0.4, 0.5) is 4.79 Å². The van der Waals surface area contributed by atoms with E-state index in [4.69, 9.17) is 4.74 Å². The van der Waals surface area contributed by atoms with Crippen molar-refractivity contribution in [2.75, 3.05) is 13.7 Å². The normalized spacial score (nSPS) is 11.4. The van der Waals surface area contributed by atoms with Gasteiger partial charge >= 0.3 is 6.03 Å². The zero-order valence-electron chi connectivity index (χ0n) is 22.8. The maximum absolute atomic E-state index is 13.2. The maximum Gasteiger partial charge on any atom is 0.328 e. The molecule has 40 heavy (non-hydrogen) atoms. The summed E-state index contributed by atoms with van der Waals surface area (Å²) in [7, 11) is -2.61. The molecule has 2 aromatic heterocycles. The second-order valence-corrected chi connectivity index (χ2v) is 12.6. The summed E-state index contributed by atoms with van der Waals surface area (Å²) in [5, 5.41) is 2.47. The Kier molecular flexibility index (Phi) is 9.06. The molecule has 9 nitrogen and oxygen atoms in total. The number of benzene rings is 2. The second-order valence-electron chi connectivity index (χ2n) is 9.57. The molecule has 210 valence electrons. The average Bonchev–Trinajstić information content (AvgIpc) is 3.51. The predicted molar refractivity (Wildman–Crippen MR) is 156 cm³/mol. The highest BCUT2D eigenvalue weighted by atomic mass is 32.2. The van der Waals surface area contributed by atoms with Gasteiger partial charge in [-0.2, -0.15) is 4.98 Å². The van der Waals surface area contributed by atoms with Gasteiger partial charge in [0.2, 0.25) is 5.88 Å². The van der Waals surface area contributed by atoms with Gasteiger partial charge in [0.1, 0.15) is 15.7 Å². The molecule has 0 bridgehead atoms. The minimum atomic E-state index is -4.09. The van der Waals surface area contributed by atoms with E-state index in [1.54, 1.807) is 11.5 Å². The first-order valence-corrected chi connectivity index (χ1v) is 15.1. The van der Waals surface area contributed by atoms with E-state index >= 15 is 0 Å². The Morgan fingerprint density at radius 2 is 1.80 bits per heavy atom. The quantitative estimate of drug-likeness (QED) is 0.231. The van der Waals surface area contributed by atoms with E-state index < -0.39 is 16.1 Å². The van der Waals surface area contributed by atoms with E-state index in [-0.39, 0.29) is 10.1 Å². The number of amides is 2. The van der Waals surface area contributed by atoms with Gasteiger partial charge < -0.3 is 14.6 Å². The van der Waals surface area contributed by atoms with Gasteiger partial charge in [-0.25, -0.2) is 17.9 Å². The first-order chi connectivity index (χ1) is 19.2. The van der Waals surface area contributed by atoms with Crippen molar-refractivity contribution in [2.45, 2.75) is 37.9 Å². The molecule has 0 saturated heterocycles. The summed E-state index contributed by atoms with van der Waals surface area (Å²) in [6, 6.07) is 18.1. The molecule has 0 saturated carbocycles. The van der Waals surface area contributed by atoms with E-state index in [0.717, 1.165) is 22.3 Å². The van der Waals surface area contributed by atoms with Gasteiger partial charge in [0, 0.05) is 29.1 Å². The lowest BCUT2D eigenvalue weighted by molar-refractivity contribution is 0.111. The number of rotatable bonds is 11. The van der Waals surface area contributed by atoms with Crippen molar-refractivity contribution in [3.05, 3.63) is 76.8 Å². The van der Waals surface area contributed by atoms with E-state index in [0.29, 0.717) is 48.1 Å². The highest BCUT2D eigenvalue weighted by Crippen LogP contribution is 2.37. The minimum absolute atomic E-state index is 0.0936. The number of carbonyl (C=O) groups excluding carboxylic acids is 2. The van der Waals surface area contributed by atoms with Crippen LogP contribution in [0.5, 0.6) is 5.88 Å². The van der Waals surface area contributed by atoms with Crippen molar-refractivity contribution < 1.29 is 22.7 Å².